The number of piperidine rings is 1. The van der Waals surface area contributed by atoms with E-state index < -0.39 is 0 Å². The number of aromatic nitrogens is 1. The largest absolute Gasteiger partial charge is 0.299 e. The third-order valence-electron chi connectivity index (χ3n) is 5.90. The van der Waals surface area contributed by atoms with E-state index in [4.69, 9.17) is 11.6 Å². The highest BCUT2D eigenvalue weighted by Crippen LogP contribution is 2.28. The Labute approximate surface area is 189 Å². The van der Waals surface area contributed by atoms with Gasteiger partial charge in [0.15, 0.2) is 0 Å². The second kappa shape index (κ2) is 9.92. The summed E-state index contributed by atoms with van der Waals surface area (Å²) in [5.74, 6) is 0. The predicted octanol–water partition coefficient (Wildman–Crippen LogP) is 6.74. The third-order valence-corrected chi connectivity index (χ3v) is 6.22. The topological polar surface area (TPSA) is 39.9 Å². The van der Waals surface area contributed by atoms with Crippen LogP contribution in [-0.4, -0.2) is 23.0 Å². The summed E-state index contributed by atoms with van der Waals surface area (Å²) in [6.07, 6.45) is 9.49. The first-order chi connectivity index (χ1) is 15.2. The molecule has 3 nitrogen and oxygen atoms in total. The smallest absolute Gasteiger partial charge is 0.102 e. The van der Waals surface area contributed by atoms with Crippen LogP contribution in [0, 0.1) is 18.3 Å². The van der Waals surface area contributed by atoms with Crippen molar-refractivity contribution in [1.29, 1.82) is 5.26 Å². The summed E-state index contributed by atoms with van der Waals surface area (Å²) in [6.45, 7) is 5.43. The molecule has 31 heavy (non-hydrogen) atoms. The van der Waals surface area contributed by atoms with Crippen molar-refractivity contribution in [2.24, 2.45) is 0 Å². The maximum absolute atomic E-state index is 9.79. The van der Waals surface area contributed by atoms with E-state index in [1.165, 1.54) is 43.5 Å². The molecule has 0 spiro atoms. The van der Waals surface area contributed by atoms with E-state index in [0.29, 0.717) is 11.3 Å². The number of nitriles is 1. The van der Waals surface area contributed by atoms with Crippen LogP contribution < -0.4 is 0 Å². The number of pyridine rings is 1. The van der Waals surface area contributed by atoms with Gasteiger partial charge >= 0.3 is 0 Å². The summed E-state index contributed by atoms with van der Waals surface area (Å²) in [6, 6.07) is 18.4. The second-order valence-electron chi connectivity index (χ2n) is 8.07. The number of benzene rings is 2. The van der Waals surface area contributed by atoms with Crippen LogP contribution in [0.1, 0.15) is 47.2 Å². The lowest BCUT2D eigenvalue weighted by Gasteiger charge is -2.27. The Morgan fingerprint density at radius 1 is 1.06 bits per heavy atom. The Kier molecular flexibility index (Phi) is 6.82. The molecule has 1 fully saturated rings. The van der Waals surface area contributed by atoms with Crippen LogP contribution in [-0.2, 0) is 6.54 Å². The molecular weight excluding hydrogens is 402 g/mol. The fourth-order valence-electron chi connectivity index (χ4n) is 4.15. The number of rotatable bonds is 5. The van der Waals surface area contributed by atoms with E-state index in [1.54, 1.807) is 6.20 Å². The molecule has 0 radical (unpaired) electrons. The van der Waals surface area contributed by atoms with Crippen LogP contribution in [0.25, 0.3) is 23.3 Å². The second-order valence-corrected chi connectivity index (χ2v) is 8.47. The average molecular weight is 428 g/mol. The van der Waals surface area contributed by atoms with Gasteiger partial charge in [-0.05, 0) is 73.3 Å². The highest BCUT2D eigenvalue weighted by atomic mass is 35.5. The third kappa shape index (κ3) is 5.05. The van der Waals surface area contributed by atoms with Crippen molar-refractivity contribution in [2.45, 2.75) is 32.7 Å². The Hall–Kier alpha value is -2.93. The van der Waals surface area contributed by atoms with Gasteiger partial charge in [0, 0.05) is 23.3 Å². The summed E-state index contributed by atoms with van der Waals surface area (Å²) >= 11 is 6.63. The summed E-state index contributed by atoms with van der Waals surface area (Å²) < 4.78 is 0. The minimum Gasteiger partial charge on any atom is -0.299 e. The van der Waals surface area contributed by atoms with Gasteiger partial charge in [-0.2, -0.15) is 5.26 Å². The molecule has 0 N–H and O–H groups in total. The molecule has 156 valence electrons. The SMILES string of the molecule is Cc1cc(/C=C/c2nccc(-c3ccccc3)c2C#N)c(Cl)cc1CN1CCCCC1. The molecule has 0 unspecified atom stereocenters. The summed E-state index contributed by atoms with van der Waals surface area (Å²) in [5.41, 5.74) is 6.57. The number of halogens is 1. The molecule has 2 aromatic carbocycles. The molecule has 2 heterocycles. The van der Waals surface area contributed by atoms with Crippen LogP contribution in [0.3, 0.4) is 0 Å². The van der Waals surface area contributed by atoms with Crippen LogP contribution in [0.15, 0.2) is 54.7 Å². The maximum atomic E-state index is 9.79. The molecule has 1 saturated heterocycles. The lowest BCUT2D eigenvalue weighted by Crippen LogP contribution is -2.29. The van der Waals surface area contributed by atoms with Crippen molar-refractivity contribution in [3.8, 4) is 17.2 Å². The Bertz CT molecular complexity index is 1120. The Balaban J connectivity index is 1.60. The number of aryl methyl sites for hydroxylation is 1. The van der Waals surface area contributed by atoms with E-state index in [9.17, 15) is 5.26 Å². The van der Waals surface area contributed by atoms with Crippen molar-refractivity contribution >= 4 is 23.8 Å². The van der Waals surface area contributed by atoms with Crippen LogP contribution in [0.4, 0.5) is 0 Å². The maximum Gasteiger partial charge on any atom is 0.102 e. The zero-order valence-corrected chi connectivity index (χ0v) is 18.6. The summed E-state index contributed by atoms with van der Waals surface area (Å²) in [5, 5.41) is 10.5. The molecule has 0 bridgehead atoms. The molecule has 0 aliphatic carbocycles. The van der Waals surface area contributed by atoms with Gasteiger partial charge in [0.05, 0.1) is 11.3 Å². The van der Waals surface area contributed by atoms with Crippen molar-refractivity contribution in [3.63, 3.8) is 0 Å². The minimum atomic E-state index is 0.569. The van der Waals surface area contributed by atoms with Crippen molar-refractivity contribution in [3.05, 3.63) is 87.7 Å². The molecule has 1 aliphatic rings. The first-order valence-electron chi connectivity index (χ1n) is 10.8. The van der Waals surface area contributed by atoms with Crippen molar-refractivity contribution in [1.82, 2.24) is 9.88 Å². The molecule has 0 saturated carbocycles. The van der Waals surface area contributed by atoms with E-state index >= 15 is 0 Å². The zero-order valence-electron chi connectivity index (χ0n) is 17.8. The van der Waals surface area contributed by atoms with Crippen LogP contribution >= 0.6 is 11.6 Å². The fraction of sp³-hybridized carbons (Fsp3) is 0.259. The van der Waals surface area contributed by atoms with Crippen molar-refractivity contribution < 1.29 is 0 Å². The minimum absolute atomic E-state index is 0.569. The lowest BCUT2D eigenvalue weighted by atomic mass is 9.99. The fourth-order valence-corrected chi connectivity index (χ4v) is 4.40. The molecule has 4 rings (SSSR count). The predicted molar refractivity (Wildman–Crippen MR) is 129 cm³/mol. The van der Waals surface area contributed by atoms with Crippen molar-refractivity contribution in [2.75, 3.05) is 13.1 Å². The Morgan fingerprint density at radius 2 is 1.84 bits per heavy atom. The molecular formula is C27H26ClN3. The number of hydrogen-bond acceptors (Lipinski definition) is 3. The van der Waals surface area contributed by atoms with Gasteiger partial charge in [0.2, 0.25) is 0 Å². The number of hydrogen-bond donors (Lipinski definition) is 0. The molecule has 1 aliphatic heterocycles. The monoisotopic (exact) mass is 427 g/mol. The number of nitrogens with zero attached hydrogens (tertiary/aromatic N) is 3. The molecule has 1 aromatic heterocycles. The quantitative estimate of drug-likeness (QED) is 0.452. The van der Waals surface area contributed by atoms with Gasteiger partial charge in [0.1, 0.15) is 6.07 Å². The number of likely N-dealkylation sites (tertiary alicyclic amines) is 1. The van der Waals surface area contributed by atoms with Gasteiger partial charge in [-0.1, -0.05) is 60.5 Å². The van der Waals surface area contributed by atoms with E-state index in [-0.39, 0.29) is 0 Å². The van der Waals surface area contributed by atoms with Gasteiger partial charge < -0.3 is 0 Å². The Morgan fingerprint density at radius 3 is 2.58 bits per heavy atom. The molecule has 0 amide bonds. The van der Waals surface area contributed by atoms with Gasteiger partial charge in [-0.3, -0.25) is 9.88 Å². The van der Waals surface area contributed by atoms with Gasteiger partial charge in [-0.15, -0.1) is 0 Å². The van der Waals surface area contributed by atoms with E-state index in [1.807, 2.05) is 48.6 Å². The standard InChI is InChI=1S/C27H26ClN3/c1-20-16-22(26(28)17-23(20)19-31-14-6-3-7-15-31)10-11-27-25(18-29)24(12-13-30-27)21-8-4-2-5-9-21/h2,4-5,8-13,16-17H,3,6-7,14-15,19H2,1H3/b11-10+. The van der Waals surface area contributed by atoms with Crippen LogP contribution in [0.2, 0.25) is 5.02 Å². The zero-order chi connectivity index (χ0) is 21.6. The normalized spacial score (nSPS) is 14.6. The van der Waals surface area contributed by atoms with E-state index in [0.717, 1.165) is 28.3 Å². The average Bonchev–Trinajstić information content (AvgIpc) is 2.81. The highest BCUT2D eigenvalue weighted by molar-refractivity contribution is 6.32. The molecule has 4 heteroatoms. The van der Waals surface area contributed by atoms with Crippen LogP contribution in [0.5, 0.6) is 0 Å². The van der Waals surface area contributed by atoms with Gasteiger partial charge in [0.25, 0.3) is 0 Å². The summed E-state index contributed by atoms with van der Waals surface area (Å²) in [7, 11) is 0. The first-order valence-corrected chi connectivity index (χ1v) is 11.2. The van der Waals surface area contributed by atoms with Gasteiger partial charge in [-0.25, -0.2) is 0 Å². The highest BCUT2D eigenvalue weighted by Gasteiger charge is 2.13. The lowest BCUT2D eigenvalue weighted by molar-refractivity contribution is 0.220. The van der Waals surface area contributed by atoms with E-state index in [2.05, 4.69) is 35.0 Å². The summed E-state index contributed by atoms with van der Waals surface area (Å²) in [4.78, 5) is 6.95. The molecule has 0 atom stereocenters. The first kappa shape index (κ1) is 21.3. The molecule has 3 aromatic rings.